The lowest BCUT2D eigenvalue weighted by Crippen LogP contribution is -2.19. The van der Waals surface area contributed by atoms with Gasteiger partial charge < -0.3 is 9.47 Å². The van der Waals surface area contributed by atoms with Gasteiger partial charge >= 0.3 is 0 Å². The van der Waals surface area contributed by atoms with E-state index in [0.717, 1.165) is 0 Å². The maximum absolute atomic E-state index is 13.5. The van der Waals surface area contributed by atoms with Gasteiger partial charge in [-0.1, -0.05) is 23.2 Å². The second-order valence-electron chi connectivity index (χ2n) is 5.68. The fraction of sp³-hybridized carbons (Fsp3) is 0.158. The molecule has 1 aromatic heterocycles. The van der Waals surface area contributed by atoms with Crippen LogP contribution in [0.3, 0.4) is 0 Å². The van der Waals surface area contributed by atoms with E-state index in [9.17, 15) is 9.18 Å². The van der Waals surface area contributed by atoms with E-state index >= 15 is 0 Å². The van der Waals surface area contributed by atoms with E-state index in [1.54, 1.807) is 12.1 Å². The van der Waals surface area contributed by atoms with Crippen LogP contribution in [-0.2, 0) is 7.05 Å². The van der Waals surface area contributed by atoms with Crippen LogP contribution >= 0.6 is 23.2 Å². The lowest BCUT2D eigenvalue weighted by Gasteiger charge is -2.15. The quantitative estimate of drug-likeness (QED) is 0.633. The summed E-state index contributed by atoms with van der Waals surface area (Å²) in [7, 11) is 4.52. The second-order valence-corrected chi connectivity index (χ2v) is 6.47. The summed E-state index contributed by atoms with van der Waals surface area (Å²) >= 11 is 12.7. The van der Waals surface area contributed by atoms with Crippen LogP contribution in [0, 0.1) is 5.82 Å². The normalized spacial score (nSPS) is 10.7. The van der Waals surface area contributed by atoms with Crippen molar-refractivity contribution in [3.8, 4) is 33.9 Å². The number of rotatable bonds is 4. The van der Waals surface area contributed by atoms with Crippen LogP contribution in [0.4, 0.5) is 4.39 Å². The first kappa shape index (κ1) is 19.2. The van der Waals surface area contributed by atoms with Crippen molar-refractivity contribution in [3.63, 3.8) is 0 Å². The van der Waals surface area contributed by atoms with Gasteiger partial charge in [0.2, 0.25) is 0 Å². The third kappa shape index (κ3) is 3.63. The van der Waals surface area contributed by atoms with Crippen LogP contribution in [-0.4, -0.2) is 24.0 Å². The lowest BCUT2D eigenvalue weighted by molar-refractivity contribution is 0.395. The minimum Gasteiger partial charge on any atom is -0.497 e. The van der Waals surface area contributed by atoms with Crippen molar-refractivity contribution in [2.24, 2.45) is 7.05 Å². The van der Waals surface area contributed by atoms with Crippen molar-refractivity contribution in [1.82, 2.24) is 9.78 Å². The van der Waals surface area contributed by atoms with Crippen molar-refractivity contribution in [2.45, 2.75) is 0 Å². The molecule has 0 bridgehead atoms. The third-order valence-electron chi connectivity index (χ3n) is 4.04. The highest BCUT2D eigenvalue weighted by Gasteiger charge is 2.20. The Balaban J connectivity index is 2.38. The molecule has 0 aliphatic heterocycles. The number of ether oxygens (including phenoxy) is 2. The topological polar surface area (TPSA) is 53.4 Å². The van der Waals surface area contributed by atoms with E-state index in [2.05, 4.69) is 5.10 Å². The second kappa shape index (κ2) is 7.58. The predicted molar refractivity (Wildman–Crippen MR) is 103 cm³/mol. The standard InChI is InChI=1S/C19H15Cl2FN2O3/c1-24-17(25)9-13(12-5-4-10(22)6-15(12)20)19(23-24)14-7-11(26-2)8-16(27-3)18(14)21/h4-9H,1-3H3. The maximum Gasteiger partial charge on any atom is 0.267 e. The van der Waals surface area contributed by atoms with Gasteiger partial charge in [0.25, 0.3) is 5.56 Å². The van der Waals surface area contributed by atoms with E-state index in [4.69, 9.17) is 32.7 Å². The van der Waals surface area contributed by atoms with Crippen LogP contribution in [0.2, 0.25) is 10.0 Å². The van der Waals surface area contributed by atoms with E-state index in [1.807, 2.05) is 0 Å². The number of hydrogen-bond donors (Lipinski definition) is 0. The molecule has 8 heteroatoms. The highest BCUT2D eigenvalue weighted by molar-refractivity contribution is 6.35. The molecule has 3 aromatic rings. The summed E-state index contributed by atoms with van der Waals surface area (Å²) in [6, 6.07) is 8.62. The van der Waals surface area contributed by atoms with Gasteiger partial charge in [0.1, 0.15) is 23.0 Å². The molecule has 5 nitrogen and oxygen atoms in total. The first-order valence-corrected chi connectivity index (χ1v) is 8.57. The molecule has 0 aliphatic carbocycles. The first-order valence-electron chi connectivity index (χ1n) is 7.81. The monoisotopic (exact) mass is 408 g/mol. The van der Waals surface area contributed by atoms with Gasteiger partial charge in [0.15, 0.2) is 0 Å². The van der Waals surface area contributed by atoms with Crippen molar-refractivity contribution in [1.29, 1.82) is 0 Å². The van der Waals surface area contributed by atoms with E-state index < -0.39 is 5.82 Å². The Morgan fingerprint density at radius 1 is 1.00 bits per heavy atom. The molecule has 0 aliphatic rings. The molecule has 0 unspecified atom stereocenters. The number of methoxy groups -OCH3 is 2. The Morgan fingerprint density at radius 2 is 1.74 bits per heavy atom. The van der Waals surface area contributed by atoms with Crippen molar-refractivity contribution in [2.75, 3.05) is 14.2 Å². The van der Waals surface area contributed by atoms with Crippen LogP contribution in [0.1, 0.15) is 0 Å². The number of halogens is 3. The molecular weight excluding hydrogens is 394 g/mol. The first-order chi connectivity index (χ1) is 12.8. The molecule has 0 atom stereocenters. The van der Waals surface area contributed by atoms with Gasteiger partial charge in [-0.15, -0.1) is 0 Å². The summed E-state index contributed by atoms with van der Waals surface area (Å²) in [4.78, 5) is 12.2. The minimum absolute atomic E-state index is 0.150. The summed E-state index contributed by atoms with van der Waals surface area (Å²) in [5, 5.41) is 4.80. The number of nitrogens with zero attached hydrogens (tertiary/aromatic N) is 2. The summed E-state index contributed by atoms with van der Waals surface area (Å²) in [6.45, 7) is 0. The van der Waals surface area contributed by atoms with E-state index in [-0.39, 0.29) is 10.6 Å². The molecule has 27 heavy (non-hydrogen) atoms. The maximum atomic E-state index is 13.5. The fourth-order valence-electron chi connectivity index (χ4n) is 2.66. The van der Waals surface area contributed by atoms with Gasteiger partial charge in [-0.05, 0) is 24.3 Å². The van der Waals surface area contributed by atoms with E-state index in [1.165, 1.54) is 50.2 Å². The number of benzene rings is 2. The SMILES string of the molecule is COc1cc(OC)c(Cl)c(-c2nn(C)c(=O)cc2-c2ccc(F)cc2Cl)c1. The molecule has 1 heterocycles. The molecule has 0 amide bonds. The summed E-state index contributed by atoms with van der Waals surface area (Å²) in [5.74, 6) is 0.402. The Labute approximate surface area is 164 Å². The average Bonchev–Trinajstić information content (AvgIpc) is 2.64. The minimum atomic E-state index is -0.483. The zero-order valence-electron chi connectivity index (χ0n) is 14.7. The van der Waals surface area contributed by atoms with Gasteiger partial charge in [0.05, 0.1) is 24.3 Å². The zero-order valence-corrected chi connectivity index (χ0v) is 16.2. The number of aromatic nitrogens is 2. The van der Waals surface area contributed by atoms with Gasteiger partial charge in [-0.2, -0.15) is 5.10 Å². The van der Waals surface area contributed by atoms with Crippen molar-refractivity contribution < 1.29 is 13.9 Å². The van der Waals surface area contributed by atoms with Crippen LogP contribution in [0.5, 0.6) is 11.5 Å². The van der Waals surface area contributed by atoms with Crippen LogP contribution < -0.4 is 15.0 Å². The van der Waals surface area contributed by atoms with Crippen molar-refractivity contribution >= 4 is 23.2 Å². The average molecular weight is 409 g/mol. The highest BCUT2D eigenvalue weighted by Crippen LogP contribution is 2.42. The predicted octanol–water partition coefficient (Wildman–Crippen LogP) is 4.58. The zero-order chi connectivity index (χ0) is 19.7. The fourth-order valence-corrected chi connectivity index (χ4v) is 3.21. The number of aryl methyl sites for hydroxylation is 1. The molecule has 3 rings (SSSR count). The summed E-state index contributed by atoms with van der Waals surface area (Å²) in [5.41, 5.74) is 1.39. The Kier molecular flexibility index (Phi) is 5.39. The molecule has 0 fully saturated rings. The third-order valence-corrected chi connectivity index (χ3v) is 4.74. The molecule has 0 saturated heterocycles. The van der Waals surface area contributed by atoms with E-state index in [0.29, 0.717) is 38.9 Å². The van der Waals surface area contributed by atoms with Crippen LogP contribution in [0.25, 0.3) is 22.4 Å². The van der Waals surface area contributed by atoms with Crippen LogP contribution in [0.15, 0.2) is 41.2 Å². The summed E-state index contributed by atoms with van der Waals surface area (Å²) in [6.07, 6.45) is 0. The Hall–Kier alpha value is -2.57. The smallest absolute Gasteiger partial charge is 0.267 e. The molecule has 0 N–H and O–H groups in total. The summed E-state index contributed by atoms with van der Waals surface area (Å²) < 4.78 is 25.3. The lowest BCUT2D eigenvalue weighted by atomic mass is 9.99. The Morgan fingerprint density at radius 3 is 2.37 bits per heavy atom. The van der Waals surface area contributed by atoms with Gasteiger partial charge in [-0.25, -0.2) is 9.07 Å². The largest absolute Gasteiger partial charge is 0.497 e. The molecule has 0 spiro atoms. The van der Waals surface area contributed by atoms with Gasteiger partial charge in [-0.3, -0.25) is 4.79 Å². The molecule has 140 valence electrons. The molecule has 2 aromatic carbocycles. The molecular formula is C19H15Cl2FN2O3. The van der Waals surface area contributed by atoms with Gasteiger partial charge in [0, 0.05) is 35.9 Å². The Bertz CT molecular complexity index is 1080. The van der Waals surface area contributed by atoms with Crippen molar-refractivity contribution in [3.05, 3.63) is 62.6 Å². The number of hydrogen-bond acceptors (Lipinski definition) is 4. The molecule has 0 radical (unpaired) electrons. The molecule has 0 saturated carbocycles. The highest BCUT2D eigenvalue weighted by atomic mass is 35.5.